The summed E-state index contributed by atoms with van der Waals surface area (Å²) in [7, 11) is -1.96. The van der Waals surface area contributed by atoms with Crippen LogP contribution in [-0.2, 0) is 9.84 Å². The molecule has 0 amide bonds. The van der Waals surface area contributed by atoms with Gasteiger partial charge >= 0.3 is 0 Å². The third-order valence-electron chi connectivity index (χ3n) is 3.40. The fraction of sp³-hybridized carbons (Fsp3) is 0.0588. The molecule has 21 heavy (non-hydrogen) atoms. The Bertz CT molecular complexity index is 881. The Morgan fingerprint density at radius 2 is 1.38 bits per heavy atom. The van der Waals surface area contributed by atoms with E-state index < -0.39 is 9.84 Å². The molecular weight excluding hydrogens is 284 g/mol. The zero-order chi connectivity index (χ0) is 14.9. The third kappa shape index (κ3) is 2.50. The van der Waals surface area contributed by atoms with Crippen molar-refractivity contribution in [1.82, 2.24) is 0 Å². The second-order valence-electron chi connectivity index (χ2n) is 4.69. The van der Waals surface area contributed by atoms with Gasteiger partial charge in [-0.15, -0.1) is 0 Å². The van der Waals surface area contributed by atoms with Gasteiger partial charge in [-0.25, -0.2) is 8.42 Å². The van der Waals surface area contributed by atoms with Crippen LogP contribution < -0.4 is 4.74 Å². The van der Waals surface area contributed by atoms with Crippen LogP contribution in [0.15, 0.2) is 76.5 Å². The zero-order valence-electron chi connectivity index (χ0n) is 11.5. The second-order valence-corrected chi connectivity index (χ2v) is 6.64. The van der Waals surface area contributed by atoms with E-state index in [1.165, 1.54) is 0 Å². The van der Waals surface area contributed by atoms with Gasteiger partial charge in [0.2, 0.25) is 9.84 Å². The number of fused-ring (bicyclic) bond motifs is 1. The highest BCUT2D eigenvalue weighted by Crippen LogP contribution is 2.25. The fourth-order valence-electron chi connectivity index (χ4n) is 2.23. The normalized spacial score (nSPS) is 11.5. The molecule has 0 aliphatic rings. The Morgan fingerprint density at radius 1 is 0.762 bits per heavy atom. The van der Waals surface area contributed by atoms with Crippen molar-refractivity contribution in [1.29, 1.82) is 0 Å². The Kier molecular flexibility index (Phi) is 3.39. The van der Waals surface area contributed by atoms with Crippen LogP contribution in [0.4, 0.5) is 0 Å². The Balaban J connectivity index is 2.10. The van der Waals surface area contributed by atoms with Crippen molar-refractivity contribution < 1.29 is 13.2 Å². The number of sulfone groups is 1. The predicted octanol–water partition coefficient (Wildman–Crippen LogP) is 3.68. The maximum absolute atomic E-state index is 12.6. The maximum Gasteiger partial charge on any atom is 0.206 e. The van der Waals surface area contributed by atoms with Gasteiger partial charge < -0.3 is 4.74 Å². The summed E-state index contributed by atoms with van der Waals surface area (Å²) in [6, 6.07) is 19.3. The van der Waals surface area contributed by atoms with Crippen LogP contribution in [0.2, 0.25) is 0 Å². The van der Waals surface area contributed by atoms with Crippen molar-refractivity contribution in [3.8, 4) is 5.75 Å². The average Bonchev–Trinajstić information content (AvgIpc) is 2.54. The van der Waals surface area contributed by atoms with E-state index in [0.717, 1.165) is 10.8 Å². The summed E-state index contributed by atoms with van der Waals surface area (Å²) in [6.45, 7) is 0. The highest BCUT2D eigenvalue weighted by Gasteiger charge is 2.17. The summed E-state index contributed by atoms with van der Waals surface area (Å²) in [5, 5.41) is 1.93. The van der Waals surface area contributed by atoms with Crippen molar-refractivity contribution in [2.75, 3.05) is 7.11 Å². The van der Waals surface area contributed by atoms with E-state index in [0.29, 0.717) is 10.6 Å². The van der Waals surface area contributed by atoms with Gasteiger partial charge in [0.15, 0.2) is 0 Å². The summed E-state index contributed by atoms with van der Waals surface area (Å²) in [5.41, 5.74) is 0. The first kappa shape index (κ1) is 13.6. The monoisotopic (exact) mass is 298 g/mol. The molecule has 3 aromatic rings. The molecule has 0 heterocycles. The van der Waals surface area contributed by atoms with Crippen molar-refractivity contribution >= 4 is 20.6 Å². The van der Waals surface area contributed by atoms with Crippen LogP contribution in [0.25, 0.3) is 10.8 Å². The minimum Gasteiger partial charge on any atom is -0.497 e. The van der Waals surface area contributed by atoms with Gasteiger partial charge in [-0.2, -0.15) is 0 Å². The number of benzene rings is 3. The highest BCUT2D eigenvalue weighted by molar-refractivity contribution is 7.91. The van der Waals surface area contributed by atoms with Gasteiger partial charge in [0.25, 0.3) is 0 Å². The molecule has 0 aliphatic carbocycles. The molecular formula is C17H14O3S. The van der Waals surface area contributed by atoms with Gasteiger partial charge in [-0.05, 0) is 47.2 Å². The molecule has 4 heteroatoms. The van der Waals surface area contributed by atoms with Gasteiger partial charge in [0.05, 0.1) is 16.9 Å². The number of methoxy groups -OCH3 is 1. The lowest BCUT2D eigenvalue weighted by Gasteiger charge is -2.07. The number of hydrogen-bond donors (Lipinski definition) is 0. The van der Waals surface area contributed by atoms with Crippen LogP contribution in [-0.4, -0.2) is 15.5 Å². The molecule has 0 N–H and O–H groups in total. The topological polar surface area (TPSA) is 43.4 Å². The molecule has 3 aromatic carbocycles. The first-order valence-electron chi connectivity index (χ1n) is 6.49. The summed E-state index contributed by atoms with van der Waals surface area (Å²) >= 11 is 0. The van der Waals surface area contributed by atoms with E-state index in [9.17, 15) is 8.42 Å². The van der Waals surface area contributed by atoms with Gasteiger partial charge in [-0.1, -0.05) is 30.3 Å². The molecule has 0 unspecified atom stereocenters. The van der Waals surface area contributed by atoms with Crippen molar-refractivity contribution in [2.24, 2.45) is 0 Å². The summed E-state index contributed by atoms with van der Waals surface area (Å²) in [6.07, 6.45) is 0. The summed E-state index contributed by atoms with van der Waals surface area (Å²) in [5.74, 6) is 0.632. The minimum atomic E-state index is -3.51. The molecule has 0 aliphatic heterocycles. The van der Waals surface area contributed by atoms with E-state index in [1.807, 2.05) is 30.3 Å². The van der Waals surface area contributed by atoms with Crippen LogP contribution in [0.1, 0.15) is 0 Å². The van der Waals surface area contributed by atoms with Crippen LogP contribution in [0.3, 0.4) is 0 Å². The molecule has 0 radical (unpaired) electrons. The minimum absolute atomic E-state index is 0.263. The SMILES string of the molecule is COc1ccc(S(=O)(=O)c2ccc3ccccc3c2)cc1. The van der Waals surface area contributed by atoms with Gasteiger partial charge in [-0.3, -0.25) is 0 Å². The summed E-state index contributed by atoms with van der Waals surface area (Å²) < 4.78 is 30.3. The van der Waals surface area contributed by atoms with E-state index in [-0.39, 0.29) is 4.90 Å². The molecule has 0 saturated carbocycles. The second kappa shape index (κ2) is 5.22. The van der Waals surface area contributed by atoms with Gasteiger partial charge in [0.1, 0.15) is 5.75 Å². The number of ether oxygens (including phenoxy) is 1. The van der Waals surface area contributed by atoms with E-state index in [2.05, 4.69) is 0 Å². The molecule has 106 valence electrons. The van der Waals surface area contributed by atoms with Crippen LogP contribution in [0, 0.1) is 0 Å². The molecule has 0 atom stereocenters. The largest absolute Gasteiger partial charge is 0.497 e. The quantitative estimate of drug-likeness (QED) is 0.741. The van der Waals surface area contributed by atoms with E-state index in [1.54, 1.807) is 43.5 Å². The first-order chi connectivity index (χ1) is 10.1. The molecule has 0 saturated heterocycles. The van der Waals surface area contributed by atoms with E-state index in [4.69, 9.17) is 4.74 Å². The zero-order valence-corrected chi connectivity index (χ0v) is 12.3. The molecule has 0 aromatic heterocycles. The fourth-order valence-corrected chi connectivity index (χ4v) is 3.52. The first-order valence-corrected chi connectivity index (χ1v) is 7.97. The Labute approximate surface area is 123 Å². The van der Waals surface area contributed by atoms with Crippen molar-refractivity contribution in [3.05, 3.63) is 66.7 Å². The smallest absolute Gasteiger partial charge is 0.206 e. The van der Waals surface area contributed by atoms with Crippen LogP contribution >= 0.6 is 0 Å². The average molecular weight is 298 g/mol. The van der Waals surface area contributed by atoms with Crippen molar-refractivity contribution in [2.45, 2.75) is 9.79 Å². The number of hydrogen-bond acceptors (Lipinski definition) is 3. The maximum atomic E-state index is 12.6. The van der Waals surface area contributed by atoms with Gasteiger partial charge in [0, 0.05) is 0 Å². The molecule has 0 bridgehead atoms. The molecule has 3 nitrogen and oxygen atoms in total. The standard InChI is InChI=1S/C17H14O3S/c1-20-15-7-10-16(11-8-15)21(18,19)17-9-6-13-4-2-3-5-14(13)12-17/h2-12H,1H3. The molecule has 0 spiro atoms. The lowest BCUT2D eigenvalue weighted by atomic mass is 10.1. The highest BCUT2D eigenvalue weighted by atomic mass is 32.2. The molecule has 3 rings (SSSR count). The number of rotatable bonds is 3. The predicted molar refractivity (Wildman–Crippen MR) is 82.4 cm³/mol. The van der Waals surface area contributed by atoms with E-state index >= 15 is 0 Å². The summed E-state index contributed by atoms with van der Waals surface area (Å²) in [4.78, 5) is 0.560. The lowest BCUT2D eigenvalue weighted by Crippen LogP contribution is -2.01. The van der Waals surface area contributed by atoms with Crippen LogP contribution in [0.5, 0.6) is 5.75 Å². The Morgan fingerprint density at radius 3 is 2.05 bits per heavy atom. The molecule has 0 fully saturated rings. The Hall–Kier alpha value is -2.33. The lowest BCUT2D eigenvalue weighted by molar-refractivity contribution is 0.414. The third-order valence-corrected chi connectivity index (χ3v) is 5.17. The van der Waals surface area contributed by atoms with Crippen molar-refractivity contribution in [3.63, 3.8) is 0 Å².